The molecule has 2 aromatic rings. The van der Waals surface area contributed by atoms with E-state index in [0.717, 1.165) is 6.41 Å². The molecule has 3 rings (SSSR count). The molecule has 0 saturated carbocycles. The van der Waals surface area contributed by atoms with Crippen molar-refractivity contribution in [3.8, 4) is 0 Å². The summed E-state index contributed by atoms with van der Waals surface area (Å²) in [6.45, 7) is 1.95. The van der Waals surface area contributed by atoms with Crippen LogP contribution >= 0.6 is 11.6 Å². The first-order valence-corrected chi connectivity index (χ1v) is 7.99. The van der Waals surface area contributed by atoms with Crippen molar-refractivity contribution in [3.05, 3.63) is 46.9 Å². The predicted octanol–water partition coefficient (Wildman–Crippen LogP) is 1.93. The van der Waals surface area contributed by atoms with E-state index in [1.165, 1.54) is 18.2 Å². The van der Waals surface area contributed by atoms with Gasteiger partial charge < -0.3 is 15.1 Å². The molecule has 130 valence electrons. The molecule has 1 saturated heterocycles. The molecule has 2 heterocycles. The summed E-state index contributed by atoms with van der Waals surface area (Å²) >= 11 is 5.73. The standard InChI is InChI=1S/C16H15ClFN5O2/c17-12-9-11(1-2-13(12)18)19-15-4-3-14(20-21-15)16(25)23-7-5-22(10-24)6-8-23/h1-4,9-10H,5-8H2,(H,19,21). The molecule has 1 N–H and O–H groups in total. The summed E-state index contributed by atoms with van der Waals surface area (Å²) in [4.78, 5) is 26.3. The lowest BCUT2D eigenvalue weighted by Gasteiger charge is -2.32. The topological polar surface area (TPSA) is 78.4 Å². The van der Waals surface area contributed by atoms with Gasteiger partial charge in [0, 0.05) is 31.9 Å². The first-order valence-electron chi connectivity index (χ1n) is 7.61. The third-order valence-corrected chi connectivity index (χ3v) is 4.12. The molecule has 0 aliphatic carbocycles. The number of carbonyl (C=O) groups excluding carboxylic acids is 2. The minimum atomic E-state index is -0.506. The quantitative estimate of drug-likeness (QED) is 0.840. The molecule has 0 atom stereocenters. The fourth-order valence-electron chi connectivity index (χ4n) is 2.43. The average Bonchev–Trinajstić information content (AvgIpc) is 2.65. The Labute approximate surface area is 148 Å². The number of nitrogens with zero attached hydrogens (tertiary/aromatic N) is 4. The minimum Gasteiger partial charge on any atom is -0.342 e. The molecule has 0 radical (unpaired) electrons. The minimum absolute atomic E-state index is 0.000719. The summed E-state index contributed by atoms with van der Waals surface area (Å²) in [7, 11) is 0. The fourth-order valence-corrected chi connectivity index (χ4v) is 2.61. The molecule has 1 aromatic heterocycles. The summed E-state index contributed by atoms with van der Waals surface area (Å²) in [5.41, 5.74) is 0.784. The lowest BCUT2D eigenvalue weighted by Crippen LogP contribution is -2.48. The van der Waals surface area contributed by atoms with E-state index in [-0.39, 0.29) is 16.6 Å². The molecular weight excluding hydrogens is 349 g/mol. The molecule has 0 spiro atoms. The van der Waals surface area contributed by atoms with Crippen molar-refractivity contribution in [2.75, 3.05) is 31.5 Å². The van der Waals surface area contributed by atoms with Crippen LogP contribution < -0.4 is 5.32 Å². The molecule has 1 aromatic carbocycles. The number of hydrogen-bond acceptors (Lipinski definition) is 5. The number of aromatic nitrogens is 2. The van der Waals surface area contributed by atoms with Gasteiger partial charge in [-0.15, -0.1) is 10.2 Å². The number of piperazine rings is 1. The summed E-state index contributed by atoms with van der Waals surface area (Å²) in [5.74, 6) is -0.326. The van der Waals surface area contributed by atoms with E-state index in [0.29, 0.717) is 37.7 Å². The molecule has 2 amide bonds. The van der Waals surface area contributed by atoms with Gasteiger partial charge in [-0.05, 0) is 30.3 Å². The Morgan fingerprint density at radius 2 is 1.92 bits per heavy atom. The van der Waals surface area contributed by atoms with Crippen LogP contribution in [0.15, 0.2) is 30.3 Å². The maximum atomic E-state index is 13.2. The lowest BCUT2D eigenvalue weighted by atomic mass is 10.2. The van der Waals surface area contributed by atoms with Gasteiger partial charge in [0.25, 0.3) is 5.91 Å². The Morgan fingerprint density at radius 3 is 2.52 bits per heavy atom. The number of carbonyl (C=O) groups is 2. The predicted molar refractivity (Wildman–Crippen MR) is 90.3 cm³/mol. The van der Waals surface area contributed by atoms with Crippen molar-refractivity contribution < 1.29 is 14.0 Å². The van der Waals surface area contributed by atoms with Gasteiger partial charge in [0.05, 0.1) is 5.02 Å². The van der Waals surface area contributed by atoms with E-state index in [2.05, 4.69) is 15.5 Å². The van der Waals surface area contributed by atoms with Gasteiger partial charge in [0.15, 0.2) is 11.5 Å². The van der Waals surface area contributed by atoms with Crippen molar-refractivity contribution in [2.24, 2.45) is 0 Å². The second-order valence-corrected chi connectivity index (χ2v) is 5.90. The molecule has 1 aliphatic heterocycles. The zero-order chi connectivity index (χ0) is 17.8. The van der Waals surface area contributed by atoms with Gasteiger partial charge in [-0.1, -0.05) is 11.6 Å². The zero-order valence-corrected chi connectivity index (χ0v) is 13.9. The molecule has 7 nitrogen and oxygen atoms in total. The number of anilines is 2. The summed E-state index contributed by atoms with van der Waals surface area (Å²) in [5, 5.41) is 10.8. The van der Waals surface area contributed by atoms with Crippen LogP contribution in [0.1, 0.15) is 10.5 Å². The van der Waals surface area contributed by atoms with E-state index in [9.17, 15) is 14.0 Å². The number of nitrogens with one attached hydrogen (secondary N) is 1. The molecule has 25 heavy (non-hydrogen) atoms. The van der Waals surface area contributed by atoms with Crippen molar-refractivity contribution >= 4 is 35.4 Å². The summed E-state index contributed by atoms with van der Waals surface area (Å²) < 4.78 is 13.2. The Bertz CT molecular complexity index is 779. The van der Waals surface area contributed by atoms with E-state index < -0.39 is 5.82 Å². The van der Waals surface area contributed by atoms with E-state index >= 15 is 0 Å². The Kier molecular flexibility index (Phi) is 5.08. The summed E-state index contributed by atoms with van der Waals surface area (Å²) in [6.07, 6.45) is 0.782. The average molecular weight is 364 g/mol. The highest BCUT2D eigenvalue weighted by Gasteiger charge is 2.22. The van der Waals surface area contributed by atoms with Crippen LogP contribution in [-0.2, 0) is 4.79 Å². The third-order valence-electron chi connectivity index (χ3n) is 3.83. The van der Waals surface area contributed by atoms with E-state index in [1.54, 1.807) is 21.9 Å². The molecule has 0 unspecified atom stereocenters. The second-order valence-electron chi connectivity index (χ2n) is 5.49. The SMILES string of the molecule is O=CN1CCN(C(=O)c2ccc(Nc3ccc(F)c(Cl)c3)nn2)CC1. The van der Waals surface area contributed by atoms with Crippen LogP contribution in [0.5, 0.6) is 0 Å². The number of halogens is 2. The second kappa shape index (κ2) is 7.43. The zero-order valence-electron chi connectivity index (χ0n) is 13.2. The van der Waals surface area contributed by atoms with Gasteiger partial charge in [-0.25, -0.2) is 4.39 Å². The highest BCUT2D eigenvalue weighted by molar-refractivity contribution is 6.31. The maximum absolute atomic E-state index is 13.2. The van der Waals surface area contributed by atoms with E-state index in [1.807, 2.05) is 0 Å². The van der Waals surface area contributed by atoms with Crippen molar-refractivity contribution in [3.63, 3.8) is 0 Å². The van der Waals surface area contributed by atoms with Gasteiger partial charge >= 0.3 is 0 Å². The Hall–Kier alpha value is -2.74. The van der Waals surface area contributed by atoms with Crippen LogP contribution in [0.25, 0.3) is 0 Å². The van der Waals surface area contributed by atoms with Crippen LogP contribution in [-0.4, -0.2) is 58.5 Å². The number of rotatable bonds is 4. The number of hydrogen-bond donors (Lipinski definition) is 1. The van der Waals surface area contributed by atoms with Crippen LogP contribution in [0.2, 0.25) is 5.02 Å². The monoisotopic (exact) mass is 363 g/mol. The smallest absolute Gasteiger partial charge is 0.274 e. The highest BCUT2D eigenvalue weighted by atomic mass is 35.5. The van der Waals surface area contributed by atoms with Crippen molar-refractivity contribution in [2.45, 2.75) is 0 Å². The van der Waals surface area contributed by atoms with Gasteiger partial charge in [0.2, 0.25) is 6.41 Å². The van der Waals surface area contributed by atoms with Crippen LogP contribution in [0.4, 0.5) is 15.9 Å². The molecule has 0 bridgehead atoms. The number of amides is 2. The maximum Gasteiger partial charge on any atom is 0.274 e. The molecule has 1 fully saturated rings. The third kappa shape index (κ3) is 4.03. The van der Waals surface area contributed by atoms with Crippen molar-refractivity contribution in [1.82, 2.24) is 20.0 Å². The first-order chi connectivity index (χ1) is 12.1. The molecular formula is C16H15ClFN5O2. The fraction of sp³-hybridized carbons (Fsp3) is 0.250. The van der Waals surface area contributed by atoms with E-state index in [4.69, 9.17) is 11.6 Å². The largest absolute Gasteiger partial charge is 0.342 e. The van der Waals surface area contributed by atoms with Crippen LogP contribution in [0.3, 0.4) is 0 Å². The molecule has 1 aliphatic rings. The lowest BCUT2D eigenvalue weighted by molar-refractivity contribution is -0.119. The Morgan fingerprint density at radius 1 is 1.16 bits per heavy atom. The molecule has 9 heteroatoms. The van der Waals surface area contributed by atoms with Gasteiger partial charge in [-0.3, -0.25) is 9.59 Å². The van der Waals surface area contributed by atoms with Crippen LogP contribution in [0, 0.1) is 5.82 Å². The van der Waals surface area contributed by atoms with Gasteiger partial charge in [-0.2, -0.15) is 0 Å². The normalized spacial score (nSPS) is 14.3. The van der Waals surface area contributed by atoms with Gasteiger partial charge in [0.1, 0.15) is 5.82 Å². The Balaban J connectivity index is 1.64. The van der Waals surface area contributed by atoms with Crippen molar-refractivity contribution in [1.29, 1.82) is 0 Å². The summed E-state index contributed by atoms with van der Waals surface area (Å²) in [6, 6.07) is 7.38. The highest BCUT2D eigenvalue weighted by Crippen LogP contribution is 2.21. The first kappa shape index (κ1) is 17.1. The number of benzene rings is 1.